The van der Waals surface area contributed by atoms with Gasteiger partial charge in [0.2, 0.25) is 0 Å². The lowest BCUT2D eigenvalue weighted by atomic mass is 10.0. The van der Waals surface area contributed by atoms with E-state index in [9.17, 15) is 0 Å². The fourth-order valence-corrected chi connectivity index (χ4v) is 2.92. The van der Waals surface area contributed by atoms with E-state index in [4.69, 9.17) is 9.15 Å². The number of rotatable bonds is 3. The summed E-state index contributed by atoms with van der Waals surface area (Å²) in [5, 5.41) is 1.06. The zero-order valence-corrected chi connectivity index (χ0v) is 13.0. The Balaban J connectivity index is 1.97. The van der Waals surface area contributed by atoms with Crippen LogP contribution in [-0.4, -0.2) is 17.1 Å². The van der Waals surface area contributed by atoms with Gasteiger partial charge in [-0.15, -0.1) is 0 Å². The number of hydrogen-bond donors (Lipinski definition) is 0. The third-order valence-electron chi connectivity index (χ3n) is 4.19. The van der Waals surface area contributed by atoms with Gasteiger partial charge in [0.15, 0.2) is 11.3 Å². The Hall–Kier alpha value is -2.36. The molecular formula is C18H18N2O2. The number of hydrogen-bond acceptors (Lipinski definition) is 4. The molecule has 4 rings (SSSR count). The molecule has 1 aliphatic rings. The Morgan fingerprint density at radius 1 is 1.23 bits per heavy atom. The summed E-state index contributed by atoms with van der Waals surface area (Å²) in [6, 6.07) is 6.13. The maximum atomic E-state index is 6.07. The summed E-state index contributed by atoms with van der Waals surface area (Å²) in [5.74, 6) is 2.39. The summed E-state index contributed by atoms with van der Waals surface area (Å²) in [6.45, 7) is 3.95. The van der Waals surface area contributed by atoms with Gasteiger partial charge in [-0.05, 0) is 44.9 Å². The Kier molecular flexibility index (Phi) is 2.93. The predicted octanol–water partition coefficient (Wildman–Crippen LogP) is 4.39. The van der Waals surface area contributed by atoms with E-state index in [-0.39, 0.29) is 0 Å². The first-order chi connectivity index (χ1) is 10.7. The van der Waals surface area contributed by atoms with Gasteiger partial charge >= 0.3 is 0 Å². The molecule has 1 saturated carbocycles. The minimum Gasteiger partial charge on any atom is -0.493 e. The van der Waals surface area contributed by atoms with Crippen molar-refractivity contribution in [3.63, 3.8) is 0 Å². The molecule has 0 aliphatic heterocycles. The highest BCUT2D eigenvalue weighted by Gasteiger charge is 2.28. The topological polar surface area (TPSA) is 48.2 Å². The quantitative estimate of drug-likeness (QED) is 0.718. The Bertz CT molecular complexity index is 863. The second-order valence-corrected chi connectivity index (χ2v) is 5.93. The van der Waals surface area contributed by atoms with Crippen LogP contribution in [0.1, 0.15) is 35.9 Å². The molecule has 0 spiro atoms. The first kappa shape index (κ1) is 13.3. The lowest BCUT2D eigenvalue weighted by molar-refractivity contribution is 0.407. The molecule has 0 amide bonds. The van der Waals surface area contributed by atoms with Crippen LogP contribution in [0.4, 0.5) is 0 Å². The molecule has 1 fully saturated rings. The molecular weight excluding hydrogens is 276 g/mol. The van der Waals surface area contributed by atoms with Gasteiger partial charge in [0.05, 0.1) is 24.2 Å². The van der Waals surface area contributed by atoms with Gasteiger partial charge in [-0.1, -0.05) is 0 Å². The zero-order valence-electron chi connectivity index (χ0n) is 13.0. The van der Waals surface area contributed by atoms with Gasteiger partial charge in [0.1, 0.15) is 5.76 Å². The van der Waals surface area contributed by atoms with Crippen LogP contribution in [0.25, 0.3) is 22.2 Å². The lowest BCUT2D eigenvalue weighted by Gasteiger charge is -2.08. The number of nitrogens with zero attached hydrogens (tertiary/aromatic N) is 2. The molecule has 0 radical (unpaired) electrons. The SMILES string of the molecule is COc1ccc(-c2ncc(C)nc2C)c2cc(C3CC3)oc12. The number of furan rings is 1. The zero-order chi connectivity index (χ0) is 15.3. The van der Waals surface area contributed by atoms with Crippen molar-refractivity contribution in [3.05, 3.63) is 41.5 Å². The molecule has 4 nitrogen and oxygen atoms in total. The predicted molar refractivity (Wildman–Crippen MR) is 85.2 cm³/mol. The second-order valence-electron chi connectivity index (χ2n) is 5.93. The van der Waals surface area contributed by atoms with Crippen molar-refractivity contribution >= 4 is 11.0 Å². The van der Waals surface area contributed by atoms with Gasteiger partial charge in [0.25, 0.3) is 0 Å². The molecule has 1 aliphatic carbocycles. The van der Waals surface area contributed by atoms with Crippen LogP contribution in [-0.2, 0) is 0 Å². The fraction of sp³-hybridized carbons (Fsp3) is 0.333. The van der Waals surface area contributed by atoms with E-state index < -0.39 is 0 Å². The molecule has 22 heavy (non-hydrogen) atoms. The van der Waals surface area contributed by atoms with Crippen LogP contribution in [0.3, 0.4) is 0 Å². The largest absolute Gasteiger partial charge is 0.493 e. The van der Waals surface area contributed by atoms with Crippen LogP contribution in [0.15, 0.2) is 28.8 Å². The van der Waals surface area contributed by atoms with E-state index >= 15 is 0 Å². The van der Waals surface area contributed by atoms with Crippen LogP contribution in [0, 0.1) is 13.8 Å². The minimum atomic E-state index is 0.565. The third-order valence-corrected chi connectivity index (χ3v) is 4.19. The van der Waals surface area contributed by atoms with Crippen LogP contribution in [0.2, 0.25) is 0 Å². The van der Waals surface area contributed by atoms with E-state index in [1.165, 1.54) is 12.8 Å². The smallest absolute Gasteiger partial charge is 0.176 e. The van der Waals surface area contributed by atoms with Crippen LogP contribution < -0.4 is 4.74 Å². The Morgan fingerprint density at radius 2 is 2.05 bits per heavy atom. The molecule has 4 heteroatoms. The number of fused-ring (bicyclic) bond motifs is 1. The number of methoxy groups -OCH3 is 1. The highest BCUT2D eigenvalue weighted by Crippen LogP contribution is 2.45. The van der Waals surface area contributed by atoms with Crippen molar-refractivity contribution in [2.45, 2.75) is 32.6 Å². The molecule has 3 aromatic rings. The van der Waals surface area contributed by atoms with E-state index in [0.717, 1.165) is 45.1 Å². The first-order valence-electron chi connectivity index (χ1n) is 7.58. The number of benzene rings is 1. The third kappa shape index (κ3) is 2.06. The summed E-state index contributed by atoms with van der Waals surface area (Å²) >= 11 is 0. The van der Waals surface area contributed by atoms with E-state index in [1.807, 2.05) is 26.0 Å². The molecule has 1 aromatic carbocycles. The van der Waals surface area contributed by atoms with Crippen molar-refractivity contribution < 1.29 is 9.15 Å². The van der Waals surface area contributed by atoms with Gasteiger partial charge in [0, 0.05) is 23.1 Å². The molecule has 0 atom stereocenters. The minimum absolute atomic E-state index is 0.565. The summed E-state index contributed by atoms with van der Waals surface area (Å²) in [6.07, 6.45) is 4.22. The molecule has 0 N–H and O–H groups in total. The molecule has 2 heterocycles. The Labute approximate surface area is 129 Å². The van der Waals surface area contributed by atoms with Crippen molar-refractivity contribution in [2.75, 3.05) is 7.11 Å². The van der Waals surface area contributed by atoms with Gasteiger partial charge in [-0.2, -0.15) is 0 Å². The van der Waals surface area contributed by atoms with E-state index in [2.05, 4.69) is 16.0 Å². The number of aryl methyl sites for hydroxylation is 2. The molecule has 0 bridgehead atoms. The standard InChI is InChI=1S/C18H18N2O2/c1-10-9-19-17(11(2)20-10)13-6-7-15(21-3)18-14(13)8-16(22-18)12-4-5-12/h6-9,12H,4-5H2,1-3H3. The highest BCUT2D eigenvalue weighted by molar-refractivity contribution is 5.97. The summed E-state index contributed by atoms with van der Waals surface area (Å²) in [5.41, 5.74) is 4.62. The average Bonchev–Trinajstić information content (AvgIpc) is 3.25. The van der Waals surface area contributed by atoms with Gasteiger partial charge < -0.3 is 9.15 Å². The van der Waals surface area contributed by atoms with Crippen molar-refractivity contribution in [2.24, 2.45) is 0 Å². The maximum absolute atomic E-state index is 6.07. The lowest BCUT2D eigenvalue weighted by Crippen LogP contribution is -1.95. The average molecular weight is 294 g/mol. The maximum Gasteiger partial charge on any atom is 0.176 e. The highest BCUT2D eigenvalue weighted by atomic mass is 16.5. The second kappa shape index (κ2) is 4.83. The van der Waals surface area contributed by atoms with E-state index in [0.29, 0.717) is 5.92 Å². The van der Waals surface area contributed by atoms with Crippen LogP contribution in [0.5, 0.6) is 5.75 Å². The summed E-state index contributed by atoms with van der Waals surface area (Å²) < 4.78 is 11.5. The van der Waals surface area contributed by atoms with Crippen molar-refractivity contribution in [1.29, 1.82) is 0 Å². The summed E-state index contributed by atoms with van der Waals surface area (Å²) in [7, 11) is 1.67. The van der Waals surface area contributed by atoms with E-state index in [1.54, 1.807) is 13.3 Å². The monoisotopic (exact) mass is 294 g/mol. The normalized spacial score (nSPS) is 14.5. The molecule has 0 saturated heterocycles. The fourth-order valence-electron chi connectivity index (χ4n) is 2.92. The molecule has 2 aromatic heterocycles. The van der Waals surface area contributed by atoms with Gasteiger partial charge in [-0.3, -0.25) is 9.97 Å². The molecule has 0 unspecified atom stereocenters. The number of ether oxygens (including phenoxy) is 1. The number of aromatic nitrogens is 2. The van der Waals surface area contributed by atoms with Gasteiger partial charge in [-0.25, -0.2) is 0 Å². The molecule has 112 valence electrons. The van der Waals surface area contributed by atoms with Crippen molar-refractivity contribution in [3.8, 4) is 17.0 Å². The summed E-state index contributed by atoms with van der Waals surface area (Å²) in [4.78, 5) is 9.11. The first-order valence-corrected chi connectivity index (χ1v) is 7.58. The van der Waals surface area contributed by atoms with Crippen LogP contribution >= 0.6 is 0 Å². The Morgan fingerprint density at radius 3 is 2.73 bits per heavy atom. The van der Waals surface area contributed by atoms with Crippen molar-refractivity contribution in [1.82, 2.24) is 9.97 Å².